The van der Waals surface area contributed by atoms with Crippen LogP contribution in [-0.2, 0) is 13.0 Å². The van der Waals surface area contributed by atoms with Gasteiger partial charge in [-0.15, -0.1) is 0 Å². The van der Waals surface area contributed by atoms with E-state index >= 15 is 0 Å². The van der Waals surface area contributed by atoms with Gasteiger partial charge in [0.05, 0.1) is 11.4 Å². The van der Waals surface area contributed by atoms with Gasteiger partial charge in [0.2, 0.25) is 0 Å². The molecule has 0 aliphatic heterocycles. The first-order valence-electron chi connectivity index (χ1n) is 6.78. The molecule has 19 heavy (non-hydrogen) atoms. The van der Waals surface area contributed by atoms with E-state index in [0.717, 1.165) is 41.8 Å². The summed E-state index contributed by atoms with van der Waals surface area (Å²) in [5, 5.41) is 8.00. The van der Waals surface area contributed by atoms with Gasteiger partial charge in [-0.05, 0) is 49.2 Å². The SMILES string of the molecule is CCCNCc1ccn(-c2ccc(Br)cc2CC)n1. The van der Waals surface area contributed by atoms with Crippen LogP contribution in [0.5, 0.6) is 0 Å². The number of hydrogen-bond donors (Lipinski definition) is 1. The molecule has 1 aromatic carbocycles. The molecule has 0 unspecified atom stereocenters. The fraction of sp³-hybridized carbons (Fsp3) is 0.400. The minimum absolute atomic E-state index is 0.832. The topological polar surface area (TPSA) is 29.9 Å². The summed E-state index contributed by atoms with van der Waals surface area (Å²) < 4.78 is 3.08. The summed E-state index contributed by atoms with van der Waals surface area (Å²) in [5.74, 6) is 0. The monoisotopic (exact) mass is 321 g/mol. The summed E-state index contributed by atoms with van der Waals surface area (Å²) in [6.45, 7) is 6.20. The molecular weight excluding hydrogens is 302 g/mol. The van der Waals surface area contributed by atoms with Crippen LogP contribution in [0.25, 0.3) is 5.69 Å². The second kappa shape index (κ2) is 6.87. The molecule has 0 spiro atoms. The summed E-state index contributed by atoms with van der Waals surface area (Å²) in [6, 6.07) is 8.40. The van der Waals surface area contributed by atoms with Crippen molar-refractivity contribution < 1.29 is 0 Å². The molecule has 0 radical (unpaired) electrons. The molecule has 3 nitrogen and oxygen atoms in total. The minimum atomic E-state index is 0.832. The van der Waals surface area contributed by atoms with Gasteiger partial charge in [-0.25, -0.2) is 4.68 Å². The quantitative estimate of drug-likeness (QED) is 0.822. The number of aryl methyl sites for hydroxylation is 1. The first-order valence-corrected chi connectivity index (χ1v) is 7.58. The number of aromatic nitrogens is 2. The summed E-state index contributed by atoms with van der Waals surface area (Å²) in [7, 11) is 0. The van der Waals surface area contributed by atoms with Crippen molar-refractivity contribution in [2.75, 3.05) is 6.54 Å². The molecule has 102 valence electrons. The Morgan fingerprint density at radius 1 is 1.26 bits per heavy atom. The molecular formula is C15H20BrN3. The lowest BCUT2D eigenvalue weighted by Crippen LogP contribution is -2.14. The van der Waals surface area contributed by atoms with Gasteiger partial charge >= 0.3 is 0 Å². The molecule has 0 bridgehead atoms. The highest BCUT2D eigenvalue weighted by molar-refractivity contribution is 9.10. The van der Waals surface area contributed by atoms with Crippen LogP contribution in [0.2, 0.25) is 0 Å². The lowest BCUT2D eigenvalue weighted by molar-refractivity contribution is 0.656. The third kappa shape index (κ3) is 3.67. The summed E-state index contributed by atoms with van der Waals surface area (Å²) in [6.07, 6.45) is 4.18. The maximum absolute atomic E-state index is 4.63. The Hall–Kier alpha value is -1.13. The predicted molar refractivity (Wildman–Crippen MR) is 82.6 cm³/mol. The van der Waals surface area contributed by atoms with E-state index in [1.165, 1.54) is 5.56 Å². The number of halogens is 1. The Labute approximate surface area is 123 Å². The van der Waals surface area contributed by atoms with E-state index in [4.69, 9.17) is 0 Å². The third-order valence-corrected chi connectivity index (χ3v) is 3.54. The van der Waals surface area contributed by atoms with E-state index in [1.54, 1.807) is 0 Å². The van der Waals surface area contributed by atoms with Gasteiger partial charge in [-0.3, -0.25) is 0 Å². The number of nitrogens with zero attached hydrogens (tertiary/aromatic N) is 2. The van der Waals surface area contributed by atoms with Gasteiger partial charge in [0.25, 0.3) is 0 Å². The molecule has 0 saturated heterocycles. The fourth-order valence-corrected chi connectivity index (χ4v) is 2.45. The molecule has 0 amide bonds. The van der Waals surface area contributed by atoms with Crippen molar-refractivity contribution in [3.63, 3.8) is 0 Å². The first-order chi connectivity index (χ1) is 9.24. The van der Waals surface area contributed by atoms with Crippen LogP contribution in [0.4, 0.5) is 0 Å². The summed E-state index contributed by atoms with van der Waals surface area (Å²) in [5.41, 5.74) is 3.54. The van der Waals surface area contributed by atoms with Crippen LogP contribution in [0.15, 0.2) is 34.9 Å². The standard InChI is InChI=1S/C15H20BrN3/c1-3-8-17-11-14-7-9-19(18-14)15-6-5-13(16)10-12(15)4-2/h5-7,9-10,17H,3-4,8,11H2,1-2H3. The zero-order chi connectivity index (χ0) is 13.7. The van der Waals surface area contributed by atoms with Gasteiger partial charge in [0.15, 0.2) is 0 Å². The summed E-state index contributed by atoms with van der Waals surface area (Å²) >= 11 is 3.52. The molecule has 0 atom stereocenters. The van der Waals surface area contributed by atoms with Crippen molar-refractivity contribution in [2.45, 2.75) is 33.2 Å². The van der Waals surface area contributed by atoms with E-state index in [-0.39, 0.29) is 0 Å². The average molecular weight is 322 g/mol. The first kappa shape index (κ1) is 14.3. The van der Waals surface area contributed by atoms with Crippen LogP contribution in [0.3, 0.4) is 0 Å². The molecule has 0 fully saturated rings. The van der Waals surface area contributed by atoms with Crippen molar-refractivity contribution in [3.05, 3.63) is 46.2 Å². The number of nitrogens with one attached hydrogen (secondary N) is 1. The lowest BCUT2D eigenvalue weighted by atomic mass is 10.1. The van der Waals surface area contributed by atoms with E-state index in [0.29, 0.717) is 0 Å². The number of benzene rings is 1. The predicted octanol–water partition coefficient (Wildman–Crippen LogP) is 3.70. The van der Waals surface area contributed by atoms with Crippen molar-refractivity contribution in [1.82, 2.24) is 15.1 Å². The maximum atomic E-state index is 4.63. The molecule has 4 heteroatoms. The highest BCUT2D eigenvalue weighted by Crippen LogP contribution is 2.20. The lowest BCUT2D eigenvalue weighted by Gasteiger charge is -2.08. The zero-order valence-corrected chi connectivity index (χ0v) is 13.1. The van der Waals surface area contributed by atoms with E-state index < -0.39 is 0 Å². The molecule has 0 saturated carbocycles. The minimum Gasteiger partial charge on any atom is -0.311 e. The van der Waals surface area contributed by atoms with Crippen LogP contribution in [0.1, 0.15) is 31.5 Å². The number of hydrogen-bond acceptors (Lipinski definition) is 2. The van der Waals surface area contributed by atoms with Crippen LogP contribution < -0.4 is 5.32 Å². The number of rotatable bonds is 6. The van der Waals surface area contributed by atoms with Crippen molar-refractivity contribution >= 4 is 15.9 Å². The Kier molecular flexibility index (Phi) is 5.16. The molecule has 1 N–H and O–H groups in total. The second-order valence-electron chi connectivity index (χ2n) is 4.56. The van der Waals surface area contributed by atoms with Crippen LogP contribution in [0, 0.1) is 0 Å². The third-order valence-electron chi connectivity index (χ3n) is 3.05. The van der Waals surface area contributed by atoms with E-state index in [1.807, 2.05) is 10.9 Å². The molecule has 2 rings (SSSR count). The van der Waals surface area contributed by atoms with Crippen LogP contribution >= 0.6 is 15.9 Å². The Bertz CT molecular complexity index is 534. The van der Waals surface area contributed by atoms with Gasteiger partial charge in [0.1, 0.15) is 0 Å². The van der Waals surface area contributed by atoms with Gasteiger partial charge in [-0.1, -0.05) is 29.8 Å². The largest absolute Gasteiger partial charge is 0.311 e. The molecule has 1 aromatic heterocycles. The molecule has 1 heterocycles. The molecule has 0 aliphatic carbocycles. The summed E-state index contributed by atoms with van der Waals surface area (Å²) in [4.78, 5) is 0. The van der Waals surface area contributed by atoms with E-state index in [2.05, 4.69) is 64.5 Å². The fourth-order valence-electron chi connectivity index (χ4n) is 2.04. The Morgan fingerprint density at radius 2 is 2.11 bits per heavy atom. The Balaban J connectivity index is 2.18. The van der Waals surface area contributed by atoms with Gasteiger partial charge in [-0.2, -0.15) is 5.10 Å². The molecule has 2 aromatic rings. The van der Waals surface area contributed by atoms with Crippen molar-refractivity contribution in [3.8, 4) is 5.69 Å². The van der Waals surface area contributed by atoms with Crippen molar-refractivity contribution in [2.24, 2.45) is 0 Å². The zero-order valence-electron chi connectivity index (χ0n) is 11.5. The van der Waals surface area contributed by atoms with Gasteiger partial charge < -0.3 is 5.32 Å². The van der Waals surface area contributed by atoms with Gasteiger partial charge in [0, 0.05) is 17.2 Å². The average Bonchev–Trinajstić information content (AvgIpc) is 2.87. The Morgan fingerprint density at radius 3 is 2.84 bits per heavy atom. The van der Waals surface area contributed by atoms with Crippen LogP contribution in [-0.4, -0.2) is 16.3 Å². The second-order valence-corrected chi connectivity index (χ2v) is 5.47. The highest BCUT2D eigenvalue weighted by Gasteiger charge is 2.06. The normalized spacial score (nSPS) is 10.9. The van der Waals surface area contributed by atoms with Crippen molar-refractivity contribution in [1.29, 1.82) is 0 Å². The molecule has 0 aliphatic rings. The smallest absolute Gasteiger partial charge is 0.0766 e. The van der Waals surface area contributed by atoms with E-state index in [9.17, 15) is 0 Å². The maximum Gasteiger partial charge on any atom is 0.0766 e. The highest BCUT2D eigenvalue weighted by atomic mass is 79.9.